The average Bonchev–Trinajstić information content (AvgIpc) is 3.41. The molecule has 178 valence electrons. The Bertz CT molecular complexity index is 1520. The lowest BCUT2D eigenvalue weighted by molar-refractivity contribution is -0.0504. The van der Waals surface area contributed by atoms with Gasteiger partial charge in [-0.2, -0.15) is 8.78 Å². The fraction of sp³-hybridized carbons (Fsp3) is 0.160. The number of aromatic amines is 1. The Hall–Kier alpha value is -4.47. The minimum absolute atomic E-state index is 0.0759. The van der Waals surface area contributed by atoms with E-state index >= 15 is 0 Å². The molecule has 35 heavy (non-hydrogen) atoms. The quantitative estimate of drug-likeness (QED) is 0.340. The van der Waals surface area contributed by atoms with Crippen molar-refractivity contribution in [2.75, 3.05) is 0 Å². The van der Waals surface area contributed by atoms with Gasteiger partial charge in [0.1, 0.15) is 23.9 Å². The Balaban J connectivity index is 1.57. The van der Waals surface area contributed by atoms with Crippen molar-refractivity contribution in [2.45, 2.75) is 26.7 Å². The van der Waals surface area contributed by atoms with Crippen molar-refractivity contribution in [3.8, 4) is 22.8 Å². The van der Waals surface area contributed by atoms with Crippen LogP contribution in [-0.4, -0.2) is 26.3 Å². The number of halogens is 2. The van der Waals surface area contributed by atoms with Crippen LogP contribution in [0.1, 0.15) is 17.1 Å². The molecule has 0 radical (unpaired) electrons. The van der Waals surface area contributed by atoms with Crippen molar-refractivity contribution >= 4 is 11.0 Å². The minimum atomic E-state index is -2.94. The Labute approximate surface area is 197 Å². The first-order valence-corrected chi connectivity index (χ1v) is 10.7. The molecular weight excluding hydrogens is 458 g/mol. The number of nitrogens with one attached hydrogen (secondary N) is 1. The minimum Gasteiger partial charge on any atom is -0.467 e. The van der Waals surface area contributed by atoms with Crippen LogP contribution in [0.15, 0.2) is 76.2 Å². The molecule has 8 nitrogen and oxygen atoms in total. The van der Waals surface area contributed by atoms with Crippen LogP contribution in [0.2, 0.25) is 0 Å². The molecule has 3 heterocycles. The number of rotatable bonds is 8. The summed E-state index contributed by atoms with van der Waals surface area (Å²) in [5.74, 6) is 1.57. The molecule has 5 rings (SSSR count). The second-order valence-corrected chi connectivity index (χ2v) is 7.81. The molecule has 0 aliphatic heterocycles. The summed E-state index contributed by atoms with van der Waals surface area (Å²) in [7, 11) is 0. The Kier molecular flexibility index (Phi) is 6.01. The highest BCUT2D eigenvalue weighted by molar-refractivity contribution is 5.82. The van der Waals surface area contributed by atoms with Gasteiger partial charge in [-0.3, -0.25) is 4.79 Å². The molecule has 3 aromatic heterocycles. The van der Waals surface area contributed by atoms with E-state index in [-0.39, 0.29) is 24.5 Å². The zero-order valence-electron chi connectivity index (χ0n) is 18.6. The largest absolute Gasteiger partial charge is 0.467 e. The number of hydrogen-bond acceptors (Lipinski definition) is 6. The smallest absolute Gasteiger partial charge is 0.387 e. The third-order valence-electron chi connectivity index (χ3n) is 5.42. The molecule has 10 heteroatoms. The Morgan fingerprint density at radius 2 is 1.91 bits per heavy atom. The number of aryl methyl sites for hydroxylation is 1. The van der Waals surface area contributed by atoms with Crippen LogP contribution < -0.4 is 15.0 Å². The predicted octanol–water partition coefficient (Wildman–Crippen LogP) is 4.92. The van der Waals surface area contributed by atoms with Gasteiger partial charge in [0.05, 0.1) is 17.6 Å². The maximum atomic E-state index is 13.0. The van der Waals surface area contributed by atoms with Crippen LogP contribution in [0.3, 0.4) is 0 Å². The monoisotopic (exact) mass is 478 g/mol. The van der Waals surface area contributed by atoms with Gasteiger partial charge in [0.2, 0.25) is 5.56 Å². The summed E-state index contributed by atoms with van der Waals surface area (Å²) >= 11 is 0. The van der Waals surface area contributed by atoms with E-state index in [4.69, 9.17) is 19.0 Å². The van der Waals surface area contributed by atoms with Gasteiger partial charge in [-0.25, -0.2) is 4.98 Å². The molecule has 0 saturated carbocycles. The first kappa shape index (κ1) is 22.3. The molecule has 0 bridgehead atoms. The average molecular weight is 478 g/mol. The van der Waals surface area contributed by atoms with Gasteiger partial charge < -0.3 is 23.5 Å². The van der Waals surface area contributed by atoms with Crippen molar-refractivity contribution in [2.24, 2.45) is 0 Å². The highest BCUT2D eigenvalue weighted by atomic mass is 19.3. The fourth-order valence-electron chi connectivity index (χ4n) is 3.79. The Morgan fingerprint density at radius 1 is 1.09 bits per heavy atom. The first-order chi connectivity index (χ1) is 17.0. The number of imidazole rings is 1. The van der Waals surface area contributed by atoms with Gasteiger partial charge in [-0.05, 0) is 47.5 Å². The third-order valence-corrected chi connectivity index (χ3v) is 5.42. The molecule has 0 amide bonds. The van der Waals surface area contributed by atoms with E-state index in [0.717, 1.165) is 16.6 Å². The van der Waals surface area contributed by atoms with E-state index in [1.165, 1.54) is 12.1 Å². The zero-order chi connectivity index (χ0) is 24.4. The van der Waals surface area contributed by atoms with Crippen LogP contribution >= 0.6 is 0 Å². The molecule has 5 aromatic rings. The predicted molar refractivity (Wildman–Crippen MR) is 124 cm³/mol. The molecule has 0 aliphatic carbocycles. The van der Waals surface area contributed by atoms with Crippen molar-refractivity contribution < 1.29 is 22.8 Å². The number of para-hydroxylation sites is 1. The molecule has 0 aliphatic rings. The zero-order valence-corrected chi connectivity index (χ0v) is 18.6. The van der Waals surface area contributed by atoms with E-state index in [1.54, 1.807) is 43.5 Å². The number of alkyl halides is 2. The molecule has 0 spiro atoms. The molecular formula is C25H20F2N4O4. The van der Waals surface area contributed by atoms with Gasteiger partial charge in [0.25, 0.3) is 5.88 Å². The fourth-order valence-corrected chi connectivity index (χ4v) is 3.79. The summed E-state index contributed by atoms with van der Waals surface area (Å²) in [6, 6.07) is 17.1. The van der Waals surface area contributed by atoms with E-state index in [1.807, 2.05) is 22.8 Å². The lowest BCUT2D eigenvalue weighted by atomic mass is 10.1. The van der Waals surface area contributed by atoms with Gasteiger partial charge in [0.15, 0.2) is 0 Å². The van der Waals surface area contributed by atoms with Crippen molar-refractivity contribution in [3.63, 3.8) is 0 Å². The van der Waals surface area contributed by atoms with E-state index in [2.05, 4.69) is 10.1 Å². The van der Waals surface area contributed by atoms with Crippen LogP contribution in [0.5, 0.6) is 11.6 Å². The van der Waals surface area contributed by atoms with Gasteiger partial charge in [0, 0.05) is 23.9 Å². The molecule has 0 saturated heterocycles. The lowest BCUT2D eigenvalue weighted by Crippen LogP contribution is -2.11. The maximum Gasteiger partial charge on any atom is 0.387 e. The summed E-state index contributed by atoms with van der Waals surface area (Å²) in [5.41, 5.74) is 3.48. The van der Waals surface area contributed by atoms with E-state index < -0.39 is 6.61 Å². The number of hydrogen-bond donors (Lipinski definition) is 1. The summed E-state index contributed by atoms with van der Waals surface area (Å²) in [6.45, 7) is -0.897. The SMILES string of the molecule is Cc1cc(OCc2nc3ccc(-c4ccc(=O)[nH]c4)cc3n2Cc2ccccc2OC(F)F)no1. The van der Waals surface area contributed by atoms with Crippen LogP contribution in [-0.2, 0) is 13.2 Å². The molecule has 0 atom stereocenters. The number of ether oxygens (including phenoxy) is 2. The first-order valence-electron chi connectivity index (χ1n) is 10.7. The number of nitrogens with zero attached hydrogens (tertiary/aromatic N) is 3. The summed E-state index contributed by atoms with van der Waals surface area (Å²) in [5, 5.41) is 3.84. The van der Waals surface area contributed by atoms with Crippen molar-refractivity contribution in [1.82, 2.24) is 19.7 Å². The van der Waals surface area contributed by atoms with Gasteiger partial charge in [-0.1, -0.05) is 24.3 Å². The highest BCUT2D eigenvalue weighted by Gasteiger charge is 2.17. The third kappa shape index (κ3) is 4.91. The molecule has 0 fully saturated rings. The summed E-state index contributed by atoms with van der Waals surface area (Å²) < 4.78 is 43.4. The van der Waals surface area contributed by atoms with E-state index in [0.29, 0.717) is 28.5 Å². The van der Waals surface area contributed by atoms with E-state index in [9.17, 15) is 13.6 Å². The number of H-pyrrole nitrogens is 1. The van der Waals surface area contributed by atoms with Gasteiger partial charge in [-0.15, -0.1) is 0 Å². The number of fused-ring (bicyclic) bond motifs is 1. The van der Waals surface area contributed by atoms with Crippen molar-refractivity contribution in [3.05, 3.63) is 94.4 Å². The second-order valence-electron chi connectivity index (χ2n) is 7.81. The normalized spacial score (nSPS) is 11.3. The van der Waals surface area contributed by atoms with Gasteiger partial charge >= 0.3 is 6.61 Å². The standard InChI is InChI=1S/C25H20F2N4O4/c1-15-10-24(30-35-15)33-14-22-29-19-8-6-16(17-7-9-23(32)28-12-17)11-20(19)31(22)13-18-4-2-3-5-21(18)34-25(26)27/h2-12,25H,13-14H2,1H3,(H,28,32). The topological polar surface area (TPSA) is 95.2 Å². The maximum absolute atomic E-state index is 13.0. The number of aromatic nitrogens is 4. The Morgan fingerprint density at radius 3 is 2.66 bits per heavy atom. The lowest BCUT2D eigenvalue weighted by Gasteiger charge is -2.14. The highest BCUT2D eigenvalue weighted by Crippen LogP contribution is 2.28. The van der Waals surface area contributed by atoms with Crippen LogP contribution in [0, 0.1) is 6.92 Å². The number of benzene rings is 2. The summed E-state index contributed by atoms with van der Waals surface area (Å²) in [6.07, 6.45) is 1.63. The summed E-state index contributed by atoms with van der Waals surface area (Å²) in [4.78, 5) is 18.8. The van der Waals surface area contributed by atoms with Crippen molar-refractivity contribution in [1.29, 1.82) is 0 Å². The number of pyridine rings is 1. The molecule has 1 N–H and O–H groups in total. The second kappa shape index (κ2) is 9.41. The molecule has 0 unspecified atom stereocenters. The van der Waals surface area contributed by atoms with Crippen LogP contribution in [0.4, 0.5) is 8.78 Å². The van der Waals surface area contributed by atoms with Crippen LogP contribution in [0.25, 0.3) is 22.2 Å². The molecule has 2 aromatic carbocycles.